The molecule has 0 aliphatic heterocycles. The van der Waals surface area contributed by atoms with Crippen LogP contribution in [0, 0.1) is 0 Å². The molecule has 0 bridgehead atoms. The van der Waals surface area contributed by atoms with Gasteiger partial charge in [-0.3, -0.25) is 0 Å². The molecule has 1 rings (SSSR count). The van der Waals surface area contributed by atoms with E-state index in [1.807, 2.05) is 6.07 Å². The summed E-state index contributed by atoms with van der Waals surface area (Å²) in [5.74, 6) is 0. The third-order valence-corrected chi connectivity index (χ3v) is 2.36. The van der Waals surface area contributed by atoms with Gasteiger partial charge in [-0.15, -0.1) is 0 Å². The Balaban J connectivity index is 2.91. The minimum Gasteiger partial charge on any atom is -0.392 e. The molecule has 1 N–H and O–H groups in total. The van der Waals surface area contributed by atoms with E-state index in [1.165, 1.54) is 17.5 Å². The van der Waals surface area contributed by atoms with E-state index in [0.29, 0.717) is 0 Å². The Labute approximate surface area is 80.4 Å². The lowest BCUT2D eigenvalue weighted by molar-refractivity contribution is 0.280. The van der Waals surface area contributed by atoms with Gasteiger partial charge in [0.2, 0.25) is 0 Å². The van der Waals surface area contributed by atoms with Crippen LogP contribution >= 0.6 is 0 Å². The van der Waals surface area contributed by atoms with E-state index in [2.05, 4.69) is 26.0 Å². The molecule has 0 atom stereocenters. The first-order valence-electron chi connectivity index (χ1n) is 5.03. The van der Waals surface area contributed by atoms with Crippen molar-refractivity contribution in [2.45, 2.75) is 39.7 Å². The second kappa shape index (κ2) is 5.03. The highest BCUT2D eigenvalue weighted by atomic mass is 16.3. The monoisotopic (exact) mass is 178 g/mol. The van der Waals surface area contributed by atoms with Gasteiger partial charge in [-0.05, 0) is 29.5 Å². The van der Waals surface area contributed by atoms with E-state index in [-0.39, 0.29) is 6.61 Å². The van der Waals surface area contributed by atoms with E-state index >= 15 is 0 Å². The molecule has 0 spiro atoms. The zero-order chi connectivity index (χ0) is 9.68. The lowest BCUT2D eigenvalue weighted by Crippen LogP contribution is -1.94. The number of rotatable bonds is 4. The highest BCUT2D eigenvalue weighted by Gasteiger charge is 2.00. The second-order valence-electron chi connectivity index (χ2n) is 3.36. The van der Waals surface area contributed by atoms with Gasteiger partial charge in [-0.2, -0.15) is 0 Å². The zero-order valence-corrected chi connectivity index (χ0v) is 8.51. The molecule has 1 heteroatoms. The van der Waals surface area contributed by atoms with Crippen molar-refractivity contribution in [2.24, 2.45) is 0 Å². The van der Waals surface area contributed by atoms with Crippen LogP contribution in [-0.4, -0.2) is 5.11 Å². The fourth-order valence-electron chi connectivity index (χ4n) is 1.61. The van der Waals surface area contributed by atoms with E-state index in [9.17, 15) is 0 Å². The Morgan fingerprint density at radius 1 is 1.15 bits per heavy atom. The summed E-state index contributed by atoms with van der Waals surface area (Å²) in [6.07, 6.45) is 3.33. The van der Waals surface area contributed by atoms with Crippen LogP contribution in [0.2, 0.25) is 0 Å². The van der Waals surface area contributed by atoms with Crippen molar-refractivity contribution in [2.75, 3.05) is 0 Å². The van der Waals surface area contributed by atoms with Crippen molar-refractivity contribution in [3.05, 3.63) is 34.9 Å². The Morgan fingerprint density at radius 3 is 2.46 bits per heavy atom. The van der Waals surface area contributed by atoms with Crippen molar-refractivity contribution < 1.29 is 5.11 Å². The molecule has 0 saturated carbocycles. The van der Waals surface area contributed by atoms with E-state index < -0.39 is 0 Å². The van der Waals surface area contributed by atoms with Gasteiger partial charge in [0.05, 0.1) is 6.61 Å². The molecule has 0 heterocycles. The predicted octanol–water partition coefficient (Wildman–Crippen LogP) is 2.69. The van der Waals surface area contributed by atoms with E-state index in [0.717, 1.165) is 18.4 Å². The molecule has 1 aromatic carbocycles. The van der Waals surface area contributed by atoms with Crippen LogP contribution in [0.1, 0.15) is 37.0 Å². The molecular weight excluding hydrogens is 160 g/mol. The summed E-state index contributed by atoms with van der Waals surface area (Å²) < 4.78 is 0. The maximum Gasteiger partial charge on any atom is 0.0684 e. The first-order valence-corrected chi connectivity index (χ1v) is 5.03. The average Bonchev–Trinajstić information content (AvgIpc) is 2.18. The molecule has 0 fully saturated rings. The smallest absolute Gasteiger partial charge is 0.0684 e. The average molecular weight is 178 g/mol. The molecule has 72 valence electrons. The predicted molar refractivity (Wildman–Crippen MR) is 55.7 cm³/mol. The summed E-state index contributed by atoms with van der Waals surface area (Å²) >= 11 is 0. The van der Waals surface area contributed by atoms with Crippen LogP contribution in [0.5, 0.6) is 0 Å². The van der Waals surface area contributed by atoms with Crippen LogP contribution in [-0.2, 0) is 19.4 Å². The highest BCUT2D eigenvalue weighted by molar-refractivity contribution is 5.31. The topological polar surface area (TPSA) is 20.2 Å². The lowest BCUT2D eigenvalue weighted by Gasteiger charge is -2.07. The van der Waals surface area contributed by atoms with Crippen molar-refractivity contribution in [3.8, 4) is 0 Å². The normalized spacial score (nSPS) is 10.4. The molecule has 0 amide bonds. The van der Waals surface area contributed by atoms with E-state index in [4.69, 9.17) is 5.11 Å². The Morgan fingerprint density at radius 2 is 1.92 bits per heavy atom. The van der Waals surface area contributed by atoms with Gasteiger partial charge in [0, 0.05) is 0 Å². The number of hydrogen-bond donors (Lipinski definition) is 1. The molecule has 0 radical (unpaired) electrons. The summed E-state index contributed by atoms with van der Waals surface area (Å²) in [5, 5.41) is 9.07. The third-order valence-electron chi connectivity index (χ3n) is 2.36. The van der Waals surface area contributed by atoms with Gasteiger partial charge in [-0.25, -0.2) is 0 Å². The standard InChI is InChI=1S/C12H18O/c1-3-5-10-6-7-12(9-13)11(4-2)8-10/h6-8,13H,3-5,9H2,1-2H3. The first kappa shape index (κ1) is 10.3. The number of hydrogen-bond acceptors (Lipinski definition) is 1. The van der Waals surface area contributed by atoms with Gasteiger partial charge in [0.1, 0.15) is 0 Å². The zero-order valence-electron chi connectivity index (χ0n) is 8.51. The molecule has 0 aromatic heterocycles. The fourth-order valence-corrected chi connectivity index (χ4v) is 1.61. The number of aryl methyl sites for hydroxylation is 2. The SMILES string of the molecule is CCCc1ccc(CO)c(CC)c1. The van der Waals surface area contributed by atoms with Crippen LogP contribution in [0.15, 0.2) is 18.2 Å². The van der Waals surface area contributed by atoms with Gasteiger partial charge < -0.3 is 5.11 Å². The van der Waals surface area contributed by atoms with Gasteiger partial charge in [0.25, 0.3) is 0 Å². The number of aliphatic hydroxyl groups excluding tert-OH is 1. The molecule has 13 heavy (non-hydrogen) atoms. The van der Waals surface area contributed by atoms with Crippen LogP contribution < -0.4 is 0 Å². The largest absolute Gasteiger partial charge is 0.392 e. The Kier molecular flexibility index (Phi) is 3.97. The molecule has 0 aliphatic carbocycles. The molecule has 0 unspecified atom stereocenters. The van der Waals surface area contributed by atoms with Gasteiger partial charge >= 0.3 is 0 Å². The van der Waals surface area contributed by atoms with Gasteiger partial charge in [0.15, 0.2) is 0 Å². The maximum absolute atomic E-state index is 9.07. The fraction of sp³-hybridized carbons (Fsp3) is 0.500. The first-order chi connectivity index (χ1) is 6.31. The highest BCUT2D eigenvalue weighted by Crippen LogP contribution is 2.14. The molecular formula is C12H18O. The summed E-state index contributed by atoms with van der Waals surface area (Å²) in [7, 11) is 0. The van der Waals surface area contributed by atoms with Gasteiger partial charge in [-0.1, -0.05) is 38.5 Å². The van der Waals surface area contributed by atoms with Crippen molar-refractivity contribution in [3.63, 3.8) is 0 Å². The van der Waals surface area contributed by atoms with Crippen molar-refractivity contribution in [1.29, 1.82) is 0 Å². The Hall–Kier alpha value is -0.820. The van der Waals surface area contributed by atoms with Crippen LogP contribution in [0.4, 0.5) is 0 Å². The van der Waals surface area contributed by atoms with Crippen molar-refractivity contribution >= 4 is 0 Å². The molecule has 1 aromatic rings. The molecule has 0 aliphatic rings. The van der Waals surface area contributed by atoms with E-state index in [1.54, 1.807) is 0 Å². The minimum atomic E-state index is 0.162. The maximum atomic E-state index is 9.07. The summed E-state index contributed by atoms with van der Waals surface area (Å²) in [6, 6.07) is 6.38. The Bertz CT molecular complexity index is 266. The van der Waals surface area contributed by atoms with Crippen LogP contribution in [0.25, 0.3) is 0 Å². The van der Waals surface area contributed by atoms with Crippen LogP contribution in [0.3, 0.4) is 0 Å². The second-order valence-corrected chi connectivity index (χ2v) is 3.36. The lowest BCUT2D eigenvalue weighted by atomic mass is 10.0. The molecule has 1 nitrogen and oxygen atoms in total. The summed E-state index contributed by atoms with van der Waals surface area (Å²) in [5.41, 5.74) is 3.74. The number of aliphatic hydroxyl groups is 1. The molecule has 0 saturated heterocycles. The third kappa shape index (κ3) is 2.56. The quantitative estimate of drug-likeness (QED) is 0.751. The number of benzene rings is 1. The van der Waals surface area contributed by atoms with Crippen molar-refractivity contribution in [1.82, 2.24) is 0 Å². The summed E-state index contributed by atoms with van der Waals surface area (Å²) in [6.45, 7) is 4.48. The summed E-state index contributed by atoms with van der Waals surface area (Å²) in [4.78, 5) is 0. The minimum absolute atomic E-state index is 0.162.